The maximum Gasteiger partial charge on any atom is 0.277 e. The molecule has 0 aliphatic rings. The van der Waals surface area contributed by atoms with Crippen LogP contribution in [-0.4, -0.2) is 20.7 Å². The zero-order chi connectivity index (χ0) is 11.5. The van der Waals surface area contributed by atoms with Crippen molar-refractivity contribution in [2.45, 2.75) is 19.9 Å². The molecule has 0 aliphatic carbocycles. The van der Waals surface area contributed by atoms with Crippen molar-refractivity contribution >= 4 is 22.4 Å². The molecule has 1 N–H and O–H groups in total. The number of aromatic nitrogens is 3. The number of thiazole rings is 1. The molecule has 2 aromatic heterocycles. The Morgan fingerprint density at radius 2 is 2.38 bits per heavy atom. The van der Waals surface area contributed by atoms with Gasteiger partial charge in [0, 0.05) is 23.8 Å². The highest BCUT2D eigenvalue weighted by molar-refractivity contribution is 7.13. The zero-order valence-electron chi connectivity index (χ0n) is 9.04. The molecule has 0 saturated carbocycles. The third-order valence-electron chi connectivity index (χ3n) is 2.02. The van der Waals surface area contributed by atoms with Gasteiger partial charge in [-0.15, -0.1) is 11.3 Å². The van der Waals surface area contributed by atoms with E-state index in [1.807, 2.05) is 19.2 Å². The maximum absolute atomic E-state index is 11.7. The molecule has 0 aromatic carbocycles. The summed E-state index contributed by atoms with van der Waals surface area (Å²) >= 11 is 1.38. The van der Waals surface area contributed by atoms with Gasteiger partial charge < -0.3 is 0 Å². The molecule has 2 aromatic rings. The van der Waals surface area contributed by atoms with E-state index in [1.165, 1.54) is 11.3 Å². The van der Waals surface area contributed by atoms with Crippen LogP contribution in [0.2, 0.25) is 0 Å². The van der Waals surface area contributed by atoms with Crippen LogP contribution in [0, 0.1) is 0 Å². The van der Waals surface area contributed by atoms with Crippen molar-refractivity contribution in [1.29, 1.82) is 0 Å². The number of hydrogen-bond acceptors (Lipinski definition) is 4. The van der Waals surface area contributed by atoms with E-state index in [0.29, 0.717) is 10.8 Å². The second-order valence-corrected chi connectivity index (χ2v) is 4.46. The van der Waals surface area contributed by atoms with E-state index in [1.54, 1.807) is 23.1 Å². The predicted octanol–water partition coefficient (Wildman–Crippen LogP) is 2.17. The molecule has 0 atom stereocenters. The molecule has 16 heavy (non-hydrogen) atoms. The average Bonchev–Trinajstić information content (AvgIpc) is 2.86. The summed E-state index contributed by atoms with van der Waals surface area (Å²) in [7, 11) is 0. The van der Waals surface area contributed by atoms with Crippen LogP contribution < -0.4 is 5.32 Å². The molecular weight excluding hydrogens is 224 g/mol. The minimum absolute atomic E-state index is 0.227. The van der Waals surface area contributed by atoms with E-state index in [9.17, 15) is 4.79 Å². The van der Waals surface area contributed by atoms with E-state index in [4.69, 9.17) is 0 Å². The molecule has 1 amide bonds. The first-order chi connectivity index (χ1) is 7.66. The van der Waals surface area contributed by atoms with E-state index in [0.717, 1.165) is 0 Å². The highest BCUT2D eigenvalue weighted by atomic mass is 32.1. The summed E-state index contributed by atoms with van der Waals surface area (Å²) < 4.78 is 1.75. The number of hydrogen-bond donors (Lipinski definition) is 1. The SMILES string of the molecule is CC(C)n1ccc(C(=O)Nc2nccs2)n1. The molecule has 0 bridgehead atoms. The lowest BCUT2D eigenvalue weighted by Crippen LogP contribution is -2.13. The fourth-order valence-electron chi connectivity index (χ4n) is 1.19. The van der Waals surface area contributed by atoms with Crippen LogP contribution in [0.1, 0.15) is 30.4 Å². The van der Waals surface area contributed by atoms with Crippen LogP contribution in [0.25, 0.3) is 0 Å². The number of carbonyl (C=O) groups excluding carboxylic acids is 1. The number of anilines is 1. The lowest BCUT2D eigenvalue weighted by atomic mass is 10.4. The minimum atomic E-state index is -0.227. The standard InChI is InChI=1S/C10H12N4OS/c1-7(2)14-5-3-8(13-14)9(15)12-10-11-4-6-16-10/h3-7H,1-2H3,(H,11,12,15). The van der Waals surface area contributed by atoms with Gasteiger partial charge in [0.1, 0.15) is 0 Å². The van der Waals surface area contributed by atoms with E-state index in [2.05, 4.69) is 15.4 Å². The van der Waals surface area contributed by atoms with Gasteiger partial charge in [-0.3, -0.25) is 14.8 Å². The Bertz CT molecular complexity index is 475. The highest BCUT2D eigenvalue weighted by Gasteiger charge is 2.11. The van der Waals surface area contributed by atoms with Crippen LogP contribution >= 0.6 is 11.3 Å². The Labute approximate surface area is 97.1 Å². The molecule has 0 fully saturated rings. The van der Waals surface area contributed by atoms with Gasteiger partial charge in [0.25, 0.3) is 5.91 Å². The molecule has 0 saturated heterocycles. The van der Waals surface area contributed by atoms with Crippen LogP contribution in [-0.2, 0) is 0 Å². The molecule has 0 radical (unpaired) electrons. The molecule has 0 aliphatic heterocycles. The van der Waals surface area contributed by atoms with Gasteiger partial charge in [-0.05, 0) is 19.9 Å². The summed E-state index contributed by atoms with van der Waals surface area (Å²) in [6.45, 7) is 4.02. The van der Waals surface area contributed by atoms with Crippen LogP contribution in [0.15, 0.2) is 23.8 Å². The molecule has 0 spiro atoms. The fourth-order valence-corrected chi connectivity index (χ4v) is 1.72. The molecular formula is C10H12N4OS. The molecule has 2 heterocycles. The normalized spacial score (nSPS) is 10.7. The first-order valence-electron chi connectivity index (χ1n) is 4.93. The van der Waals surface area contributed by atoms with Crippen molar-refractivity contribution in [2.24, 2.45) is 0 Å². The second-order valence-electron chi connectivity index (χ2n) is 3.57. The number of carbonyl (C=O) groups is 1. The number of nitrogens with one attached hydrogen (secondary N) is 1. The Morgan fingerprint density at radius 3 is 2.94 bits per heavy atom. The van der Waals surface area contributed by atoms with Gasteiger partial charge >= 0.3 is 0 Å². The number of rotatable bonds is 3. The summed E-state index contributed by atoms with van der Waals surface area (Å²) in [5.74, 6) is -0.227. The van der Waals surface area contributed by atoms with Crippen molar-refractivity contribution < 1.29 is 4.79 Å². The van der Waals surface area contributed by atoms with Gasteiger partial charge in [-0.25, -0.2) is 4.98 Å². The smallest absolute Gasteiger partial charge is 0.277 e. The first-order valence-corrected chi connectivity index (χ1v) is 5.81. The Kier molecular flexibility index (Phi) is 3.00. The Morgan fingerprint density at radius 1 is 1.56 bits per heavy atom. The summed E-state index contributed by atoms with van der Waals surface area (Å²) in [5, 5.41) is 9.25. The molecule has 6 heteroatoms. The third-order valence-corrected chi connectivity index (χ3v) is 2.71. The maximum atomic E-state index is 11.7. The molecule has 0 unspecified atom stereocenters. The third kappa shape index (κ3) is 2.27. The molecule has 84 valence electrons. The largest absolute Gasteiger partial charge is 0.296 e. The summed E-state index contributed by atoms with van der Waals surface area (Å²) in [6.07, 6.45) is 3.44. The van der Waals surface area contributed by atoms with Crippen LogP contribution in [0.5, 0.6) is 0 Å². The van der Waals surface area contributed by atoms with Gasteiger partial charge in [0.05, 0.1) is 0 Å². The van der Waals surface area contributed by atoms with E-state index >= 15 is 0 Å². The highest BCUT2D eigenvalue weighted by Crippen LogP contribution is 2.12. The lowest BCUT2D eigenvalue weighted by Gasteiger charge is -2.03. The average molecular weight is 236 g/mol. The van der Waals surface area contributed by atoms with Gasteiger partial charge in [0.15, 0.2) is 10.8 Å². The summed E-state index contributed by atoms with van der Waals surface area (Å²) in [5.41, 5.74) is 0.406. The van der Waals surface area contributed by atoms with Crippen molar-refractivity contribution in [2.75, 3.05) is 5.32 Å². The van der Waals surface area contributed by atoms with Crippen molar-refractivity contribution in [3.8, 4) is 0 Å². The summed E-state index contributed by atoms with van der Waals surface area (Å²) in [4.78, 5) is 15.7. The van der Waals surface area contributed by atoms with Crippen molar-refractivity contribution in [3.05, 3.63) is 29.5 Å². The Hall–Kier alpha value is -1.69. The summed E-state index contributed by atoms with van der Waals surface area (Å²) in [6, 6.07) is 1.95. The number of nitrogens with zero attached hydrogens (tertiary/aromatic N) is 3. The predicted molar refractivity (Wildman–Crippen MR) is 62.7 cm³/mol. The van der Waals surface area contributed by atoms with E-state index in [-0.39, 0.29) is 11.9 Å². The van der Waals surface area contributed by atoms with Gasteiger partial charge in [-0.2, -0.15) is 5.10 Å². The lowest BCUT2D eigenvalue weighted by molar-refractivity contribution is 0.102. The molecule has 2 rings (SSSR count). The second kappa shape index (κ2) is 4.44. The first kappa shape index (κ1) is 10.8. The quantitative estimate of drug-likeness (QED) is 0.888. The van der Waals surface area contributed by atoms with Crippen LogP contribution in [0.4, 0.5) is 5.13 Å². The van der Waals surface area contributed by atoms with E-state index < -0.39 is 0 Å². The Balaban J connectivity index is 2.09. The van der Waals surface area contributed by atoms with Gasteiger partial charge in [0.2, 0.25) is 0 Å². The fraction of sp³-hybridized carbons (Fsp3) is 0.300. The monoisotopic (exact) mass is 236 g/mol. The van der Waals surface area contributed by atoms with Gasteiger partial charge in [-0.1, -0.05) is 0 Å². The zero-order valence-corrected chi connectivity index (χ0v) is 9.86. The van der Waals surface area contributed by atoms with Crippen molar-refractivity contribution in [3.63, 3.8) is 0 Å². The topological polar surface area (TPSA) is 59.8 Å². The number of amides is 1. The molecule has 5 nitrogen and oxygen atoms in total. The minimum Gasteiger partial charge on any atom is -0.296 e. The van der Waals surface area contributed by atoms with Crippen molar-refractivity contribution in [1.82, 2.24) is 14.8 Å². The van der Waals surface area contributed by atoms with Crippen LogP contribution in [0.3, 0.4) is 0 Å².